The second-order valence-electron chi connectivity index (χ2n) is 13.3. The standard InChI is InChI=1S/C19H33N3O5.C8H14N2O2S.C2H3F3.CH4/c1-12(16(25)27-19(5,6)7)20-17(26)21-14(18(2,3)4)15(24)22-10-8-9-13(22)11-23;9-8(12)7(11)6(10-13)4-5-2-1-3-5;1-2(3,4)5;/h11-14H,8-10H2,1-7H3,(H2,20,21,26);5-6,10,13H,1-4H2,(H2,9,12);1H3;1H4. The number of aldehydes is 1. The van der Waals surface area contributed by atoms with Gasteiger partial charge in [-0.15, -0.1) is 0 Å². The molecule has 2 fully saturated rings. The van der Waals surface area contributed by atoms with Crippen LogP contribution >= 0.6 is 12.8 Å². The summed E-state index contributed by atoms with van der Waals surface area (Å²) >= 11 is 3.81. The van der Waals surface area contributed by atoms with Gasteiger partial charge in [-0.05, 0) is 58.3 Å². The fraction of sp³-hybridized carbons (Fsp3) is 0.800. The van der Waals surface area contributed by atoms with Crippen LogP contribution in [-0.2, 0) is 28.7 Å². The number of hydrogen-bond acceptors (Lipinski definition) is 9. The van der Waals surface area contributed by atoms with Crippen molar-refractivity contribution in [3.05, 3.63) is 0 Å². The Bertz CT molecular complexity index is 1020. The number of halogens is 3. The van der Waals surface area contributed by atoms with Crippen molar-refractivity contribution in [3.63, 3.8) is 0 Å². The number of hydrogen-bond donors (Lipinski definition) is 5. The summed E-state index contributed by atoms with van der Waals surface area (Å²) < 4.78 is 38.8. The minimum absolute atomic E-state index is 0. The van der Waals surface area contributed by atoms with Gasteiger partial charge in [0.2, 0.25) is 11.7 Å². The molecule has 0 spiro atoms. The van der Waals surface area contributed by atoms with Gasteiger partial charge in [0.15, 0.2) is 0 Å². The molecule has 1 heterocycles. The zero-order valence-electron chi connectivity index (χ0n) is 27.4. The lowest BCUT2D eigenvalue weighted by Crippen LogP contribution is -2.59. The van der Waals surface area contributed by atoms with Crippen LogP contribution in [0.2, 0.25) is 0 Å². The van der Waals surface area contributed by atoms with E-state index in [1.165, 1.54) is 18.2 Å². The van der Waals surface area contributed by atoms with Gasteiger partial charge in [0.25, 0.3) is 5.91 Å². The van der Waals surface area contributed by atoms with Crippen LogP contribution in [-0.4, -0.2) is 83.3 Å². The van der Waals surface area contributed by atoms with Gasteiger partial charge in [-0.1, -0.05) is 60.3 Å². The average molecular weight is 686 g/mol. The lowest BCUT2D eigenvalue weighted by atomic mass is 9.80. The highest BCUT2D eigenvalue weighted by molar-refractivity contribution is 7.78. The molecule has 16 heteroatoms. The number of thiol groups is 1. The van der Waals surface area contributed by atoms with E-state index in [0.717, 1.165) is 25.5 Å². The SMILES string of the molecule is C.CC(F)(F)F.CC(NC(=O)NC(C(=O)N1CCCC1C=O)C(C)(C)C)C(=O)OC(C)(C)C.NC(=O)C(=O)C(CC1CCC1)NS. The number of urea groups is 1. The number of alkyl halides is 3. The Morgan fingerprint density at radius 2 is 1.50 bits per heavy atom. The molecule has 1 aliphatic carbocycles. The van der Waals surface area contributed by atoms with E-state index >= 15 is 0 Å². The fourth-order valence-corrected chi connectivity index (χ4v) is 4.52. The summed E-state index contributed by atoms with van der Waals surface area (Å²) in [6.45, 7) is 12.9. The summed E-state index contributed by atoms with van der Waals surface area (Å²) in [4.78, 5) is 71.8. The third kappa shape index (κ3) is 18.3. The monoisotopic (exact) mass is 685 g/mol. The maximum Gasteiger partial charge on any atom is 0.386 e. The molecule has 4 atom stereocenters. The van der Waals surface area contributed by atoms with Gasteiger partial charge < -0.3 is 30.8 Å². The summed E-state index contributed by atoms with van der Waals surface area (Å²) in [5.74, 6) is -1.75. The molecule has 46 heavy (non-hydrogen) atoms. The highest BCUT2D eigenvalue weighted by Crippen LogP contribution is 2.30. The average Bonchev–Trinajstić information content (AvgIpc) is 3.32. The Kier molecular flexibility index (Phi) is 19.4. The van der Waals surface area contributed by atoms with E-state index in [9.17, 15) is 41.9 Å². The van der Waals surface area contributed by atoms with Gasteiger partial charge >= 0.3 is 18.2 Å². The van der Waals surface area contributed by atoms with E-state index in [2.05, 4.69) is 28.2 Å². The topological polar surface area (TPSA) is 177 Å². The van der Waals surface area contributed by atoms with Crippen molar-refractivity contribution < 1.29 is 46.7 Å². The molecule has 5 N–H and O–H groups in total. The van der Waals surface area contributed by atoms with Crippen LogP contribution in [0.4, 0.5) is 18.0 Å². The summed E-state index contributed by atoms with van der Waals surface area (Å²) in [5, 5.41) is 5.17. The number of nitrogens with zero attached hydrogens (tertiary/aromatic N) is 1. The Labute approximate surface area is 276 Å². The third-order valence-electron chi connectivity index (χ3n) is 6.74. The molecular formula is C30H54F3N5O7S. The predicted octanol–water partition coefficient (Wildman–Crippen LogP) is 3.86. The molecule has 1 saturated carbocycles. The number of amides is 4. The van der Waals surface area contributed by atoms with Crippen molar-refractivity contribution in [3.8, 4) is 0 Å². The first-order valence-electron chi connectivity index (χ1n) is 14.8. The summed E-state index contributed by atoms with van der Waals surface area (Å²) in [6, 6.07) is -3.29. The zero-order chi connectivity index (χ0) is 35.3. The largest absolute Gasteiger partial charge is 0.458 e. The number of nitrogens with two attached hydrogens (primary N) is 1. The van der Waals surface area contributed by atoms with Crippen molar-refractivity contribution in [1.29, 1.82) is 0 Å². The molecule has 1 saturated heterocycles. The first kappa shape index (κ1) is 45.2. The predicted molar refractivity (Wildman–Crippen MR) is 172 cm³/mol. The number of rotatable bonds is 10. The fourth-order valence-electron chi connectivity index (χ4n) is 4.29. The molecule has 0 aromatic carbocycles. The van der Waals surface area contributed by atoms with Crippen LogP contribution < -0.4 is 21.1 Å². The minimum Gasteiger partial charge on any atom is -0.458 e. The van der Waals surface area contributed by atoms with E-state index < -0.39 is 65.1 Å². The van der Waals surface area contributed by atoms with Crippen LogP contribution in [0.25, 0.3) is 0 Å². The molecule has 268 valence electrons. The summed E-state index contributed by atoms with van der Waals surface area (Å²) in [7, 11) is 0. The number of ketones is 1. The molecular weight excluding hydrogens is 631 g/mol. The Morgan fingerprint density at radius 3 is 1.87 bits per heavy atom. The number of ether oxygens (including phenoxy) is 1. The Balaban J connectivity index is 0. The minimum atomic E-state index is -4.00. The molecule has 2 rings (SSSR count). The van der Waals surface area contributed by atoms with Crippen molar-refractivity contribution in [2.24, 2.45) is 17.1 Å². The van der Waals surface area contributed by atoms with Gasteiger partial charge in [0, 0.05) is 13.5 Å². The number of esters is 1. The summed E-state index contributed by atoms with van der Waals surface area (Å²) in [6.07, 6.45) is 2.33. The van der Waals surface area contributed by atoms with Crippen LogP contribution in [0.15, 0.2) is 0 Å². The lowest BCUT2D eigenvalue weighted by molar-refractivity contribution is -0.156. The van der Waals surface area contributed by atoms with Gasteiger partial charge in [-0.2, -0.15) is 13.2 Å². The van der Waals surface area contributed by atoms with Crippen molar-refractivity contribution in [2.45, 2.75) is 137 Å². The van der Waals surface area contributed by atoms with Crippen LogP contribution in [0.1, 0.15) is 101 Å². The first-order valence-corrected chi connectivity index (χ1v) is 15.2. The molecule has 12 nitrogen and oxygen atoms in total. The van der Waals surface area contributed by atoms with E-state index in [0.29, 0.717) is 25.3 Å². The van der Waals surface area contributed by atoms with Crippen molar-refractivity contribution in [2.75, 3.05) is 6.54 Å². The molecule has 1 aliphatic heterocycles. The van der Waals surface area contributed by atoms with E-state index in [4.69, 9.17) is 10.5 Å². The Morgan fingerprint density at radius 1 is 0.978 bits per heavy atom. The smallest absolute Gasteiger partial charge is 0.386 e. The zero-order valence-corrected chi connectivity index (χ0v) is 28.3. The van der Waals surface area contributed by atoms with E-state index in [1.54, 1.807) is 20.8 Å². The van der Waals surface area contributed by atoms with Gasteiger partial charge in [-0.25, -0.2) is 9.59 Å². The number of carbonyl (C=O) groups excluding carboxylic acids is 6. The number of primary amides is 1. The Hall–Kier alpha value is -2.88. The normalized spacial score (nSPS) is 18.3. The molecule has 4 unspecified atom stereocenters. The van der Waals surface area contributed by atoms with Gasteiger partial charge in [0.05, 0.1) is 12.1 Å². The van der Waals surface area contributed by atoms with Gasteiger partial charge in [0.1, 0.15) is 24.0 Å². The lowest BCUT2D eigenvalue weighted by Gasteiger charge is -2.35. The molecule has 0 aromatic rings. The number of Topliss-reactive ketones (excluding diaryl/α,β-unsaturated/α-hetero) is 1. The molecule has 0 bridgehead atoms. The first-order chi connectivity index (χ1) is 20.4. The maximum absolute atomic E-state index is 12.9. The number of likely N-dealkylation sites (tertiary alicyclic amines) is 1. The van der Waals surface area contributed by atoms with Gasteiger partial charge in [-0.3, -0.25) is 19.1 Å². The van der Waals surface area contributed by atoms with Crippen LogP contribution in [0.5, 0.6) is 0 Å². The molecule has 2 aliphatic rings. The highest BCUT2D eigenvalue weighted by Gasteiger charge is 2.40. The quantitative estimate of drug-likeness (QED) is 0.0997. The molecule has 0 radical (unpaired) electrons. The highest BCUT2D eigenvalue weighted by atomic mass is 32.1. The second-order valence-corrected chi connectivity index (χ2v) is 13.5. The van der Waals surface area contributed by atoms with E-state index in [-0.39, 0.29) is 20.3 Å². The van der Waals surface area contributed by atoms with Crippen LogP contribution in [0, 0.1) is 11.3 Å². The van der Waals surface area contributed by atoms with E-state index in [1.807, 2.05) is 20.8 Å². The van der Waals surface area contributed by atoms with Crippen LogP contribution in [0.3, 0.4) is 0 Å². The van der Waals surface area contributed by atoms with Crippen molar-refractivity contribution >= 4 is 48.7 Å². The number of carbonyl (C=O) groups is 6. The third-order valence-corrected chi connectivity index (χ3v) is 7.06. The number of nitrogens with one attached hydrogen (secondary N) is 3. The molecule has 4 amide bonds. The second kappa shape index (κ2) is 19.7. The van der Waals surface area contributed by atoms with Crippen molar-refractivity contribution in [1.82, 2.24) is 20.3 Å². The molecule has 0 aromatic heterocycles. The summed E-state index contributed by atoms with van der Waals surface area (Å²) in [5.41, 5.74) is 3.66. The maximum atomic E-state index is 12.9.